The summed E-state index contributed by atoms with van der Waals surface area (Å²) in [5, 5.41) is 0. The third-order valence-corrected chi connectivity index (χ3v) is 2.77. The highest BCUT2D eigenvalue weighted by Gasteiger charge is 2.04. The van der Waals surface area contributed by atoms with E-state index in [1.54, 1.807) is 6.07 Å². The summed E-state index contributed by atoms with van der Waals surface area (Å²) in [5.41, 5.74) is 2.23. The maximum Gasteiger partial charge on any atom is 0.268 e. The molecule has 1 N–H and O–H groups in total. The van der Waals surface area contributed by atoms with Gasteiger partial charge in [0, 0.05) is 0 Å². The fourth-order valence-corrected chi connectivity index (χ4v) is 1.36. The van der Waals surface area contributed by atoms with Crippen LogP contribution < -0.4 is 4.74 Å². The van der Waals surface area contributed by atoms with E-state index in [1.165, 1.54) is 0 Å². The lowest BCUT2D eigenvalue weighted by atomic mass is 10.1. The minimum Gasteiger partial charge on any atom is -0.492 e. The standard InChI is InChI=1S/C10H14O4S/c1-8-3-4-10(7-9(8)2)14-5-6-15(11,12)13/h3-4,7H,5-6H2,1-2H3,(H,11,12,13). The van der Waals surface area contributed by atoms with E-state index >= 15 is 0 Å². The van der Waals surface area contributed by atoms with Crippen molar-refractivity contribution >= 4 is 10.1 Å². The van der Waals surface area contributed by atoms with Gasteiger partial charge in [-0.2, -0.15) is 8.42 Å². The van der Waals surface area contributed by atoms with Crippen LogP contribution in [0.5, 0.6) is 5.75 Å². The molecule has 15 heavy (non-hydrogen) atoms. The highest BCUT2D eigenvalue weighted by molar-refractivity contribution is 7.85. The van der Waals surface area contributed by atoms with E-state index in [2.05, 4.69) is 0 Å². The molecule has 0 aliphatic carbocycles. The van der Waals surface area contributed by atoms with Gasteiger partial charge in [-0.1, -0.05) is 6.07 Å². The molecule has 0 heterocycles. The molecule has 0 aliphatic heterocycles. The van der Waals surface area contributed by atoms with Gasteiger partial charge in [0.15, 0.2) is 0 Å². The van der Waals surface area contributed by atoms with Crippen molar-refractivity contribution < 1.29 is 17.7 Å². The van der Waals surface area contributed by atoms with Crippen molar-refractivity contribution in [3.8, 4) is 5.75 Å². The summed E-state index contributed by atoms with van der Waals surface area (Å²) in [4.78, 5) is 0. The normalized spacial score (nSPS) is 11.4. The van der Waals surface area contributed by atoms with Gasteiger partial charge >= 0.3 is 0 Å². The van der Waals surface area contributed by atoms with Crippen molar-refractivity contribution in [1.82, 2.24) is 0 Å². The Kier molecular flexibility index (Phi) is 3.71. The van der Waals surface area contributed by atoms with Crippen LogP contribution in [0.4, 0.5) is 0 Å². The number of ether oxygens (including phenoxy) is 1. The highest BCUT2D eigenvalue weighted by atomic mass is 32.2. The molecule has 0 aromatic heterocycles. The van der Waals surface area contributed by atoms with Crippen LogP contribution in [0.25, 0.3) is 0 Å². The fraction of sp³-hybridized carbons (Fsp3) is 0.400. The van der Waals surface area contributed by atoms with Gasteiger partial charge in [-0.15, -0.1) is 0 Å². The Bertz CT molecular complexity index is 437. The van der Waals surface area contributed by atoms with Crippen LogP contribution in [0.3, 0.4) is 0 Å². The van der Waals surface area contributed by atoms with Crippen molar-refractivity contribution in [2.24, 2.45) is 0 Å². The van der Waals surface area contributed by atoms with Gasteiger partial charge in [0.1, 0.15) is 18.1 Å². The Hall–Kier alpha value is -1.07. The van der Waals surface area contributed by atoms with E-state index in [0.29, 0.717) is 5.75 Å². The monoisotopic (exact) mass is 230 g/mol. The molecule has 0 spiro atoms. The van der Waals surface area contributed by atoms with Crippen LogP contribution in [0, 0.1) is 13.8 Å². The predicted octanol–water partition coefficient (Wildman–Crippen LogP) is 1.57. The molecular weight excluding hydrogens is 216 g/mol. The third kappa shape index (κ3) is 4.31. The zero-order chi connectivity index (χ0) is 11.5. The molecule has 0 amide bonds. The second-order valence-corrected chi connectivity index (χ2v) is 4.95. The van der Waals surface area contributed by atoms with Gasteiger partial charge in [-0.25, -0.2) is 0 Å². The largest absolute Gasteiger partial charge is 0.492 e. The molecule has 5 heteroatoms. The van der Waals surface area contributed by atoms with E-state index in [4.69, 9.17) is 9.29 Å². The molecule has 1 aromatic carbocycles. The first-order chi connectivity index (χ1) is 6.88. The maximum atomic E-state index is 10.4. The van der Waals surface area contributed by atoms with Crippen LogP contribution in [0.1, 0.15) is 11.1 Å². The van der Waals surface area contributed by atoms with E-state index < -0.39 is 10.1 Å². The van der Waals surface area contributed by atoms with E-state index in [0.717, 1.165) is 11.1 Å². The Morgan fingerprint density at radius 1 is 1.27 bits per heavy atom. The molecule has 4 nitrogen and oxygen atoms in total. The predicted molar refractivity (Wildman–Crippen MR) is 57.8 cm³/mol. The summed E-state index contributed by atoms with van der Waals surface area (Å²) >= 11 is 0. The van der Waals surface area contributed by atoms with Crippen LogP contribution in [0.2, 0.25) is 0 Å². The summed E-state index contributed by atoms with van der Waals surface area (Å²) < 4.78 is 34.5. The summed E-state index contributed by atoms with van der Waals surface area (Å²) in [7, 11) is -3.94. The van der Waals surface area contributed by atoms with Gasteiger partial charge < -0.3 is 4.74 Å². The van der Waals surface area contributed by atoms with Gasteiger partial charge in [-0.3, -0.25) is 4.55 Å². The highest BCUT2D eigenvalue weighted by Crippen LogP contribution is 2.16. The lowest BCUT2D eigenvalue weighted by molar-refractivity contribution is 0.335. The minimum atomic E-state index is -3.94. The Balaban J connectivity index is 2.55. The molecule has 0 atom stereocenters. The fourth-order valence-electron chi connectivity index (χ4n) is 1.07. The average molecular weight is 230 g/mol. The zero-order valence-corrected chi connectivity index (χ0v) is 9.54. The second kappa shape index (κ2) is 4.63. The maximum absolute atomic E-state index is 10.4. The number of hydrogen-bond acceptors (Lipinski definition) is 3. The first-order valence-electron chi connectivity index (χ1n) is 4.54. The summed E-state index contributed by atoms with van der Waals surface area (Å²) in [6.45, 7) is 3.89. The first-order valence-corrected chi connectivity index (χ1v) is 6.14. The van der Waals surface area contributed by atoms with Crippen molar-refractivity contribution in [3.63, 3.8) is 0 Å². The van der Waals surface area contributed by atoms with Gasteiger partial charge in [-0.05, 0) is 37.1 Å². The number of rotatable bonds is 4. The molecule has 0 saturated heterocycles. The summed E-state index contributed by atoms with van der Waals surface area (Å²) in [5.74, 6) is 0.224. The second-order valence-electron chi connectivity index (χ2n) is 3.38. The first kappa shape index (κ1) is 12.0. The topological polar surface area (TPSA) is 63.6 Å². The van der Waals surface area contributed by atoms with Gasteiger partial charge in [0.05, 0.1) is 0 Å². The molecule has 0 fully saturated rings. The quantitative estimate of drug-likeness (QED) is 0.797. The summed E-state index contributed by atoms with van der Waals surface area (Å²) in [6.07, 6.45) is 0. The van der Waals surface area contributed by atoms with Crippen molar-refractivity contribution in [1.29, 1.82) is 0 Å². The molecule has 84 valence electrons. The Morgan fingerprint density at radius 2 is 1.93 bits per heavy atom. The molecule has 0 unspecified atom stereocenters. The lowest BCUT2D eigenvalue weighted by Gasteiger charge is -2.07. The van der Waals surface area contributed by atoms with Crippen molar-refractivity contribution in [3.05, 3.63) is 29.3 Å². The van der Waals surface area contributed by atoms with E-state index in [1.807, 2.05) is 26.0 Å². The van der Waals surface area contributed by atoms with Crippen LogP contribution in [0.15, 0.2) is 18.2 Å². The van der Waals surface area contributed by atoms with Crippen LogP contribution >= 0.6 is 0 Å². The molecule has 0 saturated carbocycles. The molecule has 1 aromatic rings. The SMILES string of the molecule is Cc1ccc(OCCS(=O)(=O)O)cc1C. The zero-order valence-electron chi connectivity index (χ0n) is 8.73. The smallest absolute Gasteiger partial charge is 0.268 e. The average Bonchev–Trinajstić information content (AvgIpc) is 2.09. The van der Waals surface area contributed by atoms with Crippen LogP contribution in [-0.4, -0.2) is 25.3 Å². The number of benzene rings is 1. The van der Waals surface area contributed by atoms with Crippen LogP contribution in [-0.2, 0) is 10.1 Å². The lowest BCUT2D eigenvalue weighted by Crippen LogP contribution is -2.12. The van der Waals surface area contributed by atoms with E-state index in [9.17, 15) is 8.42 Å². The molecule has 1 rings (SSSR count). The van der Waals surface area contributed by atoms with Crippen molar-refractivity contribution in [2.75, 3.05) is 12.4 Å². The Morgan fingerprint density at radius 3 is 2.47 bits per heavy atom. The number of aryl methyl sites for hydroxylation is 2. The Labute approximate surface area is 89.6 Å². The van der Waals surface area contributed by atoms with E-state index in [-0.39, 0.29) is 12.4 Å². The van der Waals surface area contributed by atoms with Gasteiger partial charge in [0.2, 0.25) is 0 Å². The molecule has 0 radical (unpaired) electrons. The van der Waals surface area contributed by atoms with Crippen molar-refractivity contribution in [2.45, 2.75) is 13.8 Å². The third-order valence-electron chi connectivity index (χ3n) is 2.09. The number of hydrogen-bond donors (Lipinski definition) is 1. The summed E-state index contributed by atoms with van der Waals surface area (Å²) in [6, 6.07) is 5.50. The minimum absolute atomic E-state index is 0.0403. The van der Waals surface area contributed by atoms with Gasteiger partial charge in [0.25, 0.3) is 10.1 Å². The molecule has 0 aliphatic rings. The molecule has 0 bridgehead atoms. The molecular formula is C10H14O4S.